The Morgan fingerprint density at radius 3 is 0.722 bits per heavy atom. The molecule has 6 aromatic heterocycles. The molecular weight excluding hydrogens is 1600 g/mol. The lowest BCUT2D eigenvalue weighted by molar-refractivity contribution is 0.176. The number of carbonyl (C=O) groups is 6. The highest BCUT2D eigenvalue weighted by atomic mass is 16.6. The largest absolute Gasteiger partial charge is 0.447 e. The SMILES string of the molecule is [2H]C([2H])(CN(C([2H])([2H])[2H])C([2H])([2H])[2H])c1c[nH]c2ccc(C([2H])([2H])[C@@]3([2H])COC(=O)N3)cc12.[2H]C([2H])(CN(C)C([2H])([2H])[2H])c1c[nH]c2ccc(C([2H])([2H])[C@@]3([2H])COC(=O)N3)cc12.[2H]C([2H])(CN(C)C)c1c[nH]c2ccc(C([2H])([2H])[C@@]3([2H])COC(=O)N3)cc12.[2H]C([2H])(Cc1c[nH]c2ccc(C([2H])([2H])[C@@]3([2H])COC(=O)N3)cc12)N(C)C.[2H]C([2H])([2H])N(C([2H])([2H])[2H])C([2H])([2H])Cc1c[nH]c2ccc(C([2H])([2H])[C@@]3([2H])COC(=O)N3)cc12.[2H]C([2H])([2H])N(C)C([2H])([2H])Cc1c[nH]c2ccc(C([2H])([2H])[C@@]3([2H])COC(=O)N3)cc12. The van der Waals surface area contributed by atoms with Crippen molar-refractivity contribution < 1.29 is 123 Å². The Balaban J connectivity index is 0.000000171. The lowest BCUT2D eigenvalue weighted by atomic mass is 10.0. The number of fused-ring (bicyclic) bond motifs is 6. The van der Waals surface area contributed by atoms with Crippen LogP contribution >= 0.6 is 0 Å². The fraction of sp³-hybridized carbons (Fsp3) is 0.438. The first kappa shape index (κ1) is 48.0. The van der Waals surface area contributed by atoms with Gasteiger partial charge in [0, 0.05) is 199 Å². The summed E-state index contributed by atoms with van der Waals surface area (Å²) in [6.07, 6.45) is -17.1. The summed E-state index contributed by atoms with van der Waals surface area (Å²) in [6, 6.07) is 14.8. The lowest BCUT2D eigenvalue weighted by Gasteiger charge is -2.09. The average molecular weight is 1770 g/mol. The summed E-state index contributed by atoms with van der Waals surface area (Å²) in [5, 5.41) is 15.7. The summed E-state index contributed by atoms with van der Waals surface area (Å²) in [4.78, 5) is 90.5. The third-order valence-corrected chi connectivity index (χ3v) is 18.8. The second-order valence-electron chi connectivity index (χ2n) is 28.9. The van der Waals surface area contributed by atoms with E-state index in [1.807, 2.05) is 0 Å². The van der Waals surface area contributed by atoms with Gasteiger partial charge < -0.3 is 120 Å². The molecule has 6 amide bonds. The van der Waals surface area contributed by atoms with E-state index in [9.17, 15) is 28.8 Å². The van der Waals surface area contributed by atoms with Gasteiger partial charge in [0.15, 0.2) is 0 Å². The minimum absolute atomic E-state index is 0.00397. The van der Waals surface area contributed by atoms with E-state index in [2.05, 4.69) is 71.3 Å². The number of H-pyrrole nitrogens is 6. The molecule has 6 fully saturated rings. The molecule has 0 aliphatic carbocycles. The number of amides is 6. The Morgan fingerprint density at radius 1 is 0.286 bits per heavy atom. The van der Waals surface area contributed by atoms with Crippen LogP contribution < -0.4 is 31.9 Å². The minimum atomic E-state index is -3.23. The van der Waals surface area contributed by atoms with Gasteiger partial charge in [0.25, 0.3) is 0 Å². The van der Waals surface area contributed by atoms with E-state index in [1.54, 1.807) is 88.1 Å². The highest BCUT2D eigenvalue weighted by molar-refractivity contribution is 5.88. The number of aromatic nitrogens is 6. The number of aryl methyl sites for hydroxylation is 3. The monoisotopic (exact) mass is 1770 g/mol. The normalized spacial score (nSPS) is 29.3. The Kier molecular flexibility index (Phi) is 16.7. The molecule has 30 nitrogen and oxygen atoms in total. The van der Waals surface area contributed by atoms with Gasteiger partial charge in [0.1, 0.15) is 39.6 Å². The molecule has 6 aliphatic heterocycles. The van der Waals surface area contributed by atoms with Crippen LogP contribution in [0.1, 0.15) is 133 Å². The molecule has 0 radical (unpaired) electrons. The van der Waals surface area contributed by atoms with Crippen molar-refractivity contribution in [3.05, 3.63) is 213 Å². The Morgan fingerprint density at radius 2 is 0.500 bits per heavy atom. The number of likely N-dealkylation sites (N-methyl/N-ethyl adjacent to an activating group) is 6. The summed E-state index contributed by atoms with van der Waals surface area (Å²) in [7, 11) is 9.36. The summed E-state index contributed by atoms with van der Waals surface area (Å²) < 4.78 is 412. The molecule has 18 rings (SSSR count). The smallest absolute Gasteiger partial charge is 0.407 e. The van der Waals surface area contributed by atoms with E-state index >= 15 is 0 Å². The van der Waals surface area contributed by atoms with Crippen LogP contribution in [0.5, 0.6) is 0 Å². The Bertz CT molecular complexity index is 7980. The van der Waals surface area contributed by atoms with Gasteiger partial charge in [0.05, 0.1) is 44.3 Å². The molecule has 0 bridgehead atoms. The fourth-order valence-corrected chi connectivity index (χ4v) is 12.9. The van der Waals surface area contributed by atoms with Crippen molar-refractivity contribution >= 4 is 102 Å². The number of alkyl carbamates (subject to hydrolysis) is 6. The first-order valence-electron chi connectivity index (χ1n) is 62.8. The molecule has 672 valence electrons. The summed E-state index contributed by atoms with van der Waals surface area (Å²) in [5.74, 6) is 0. The van der Waals surface area contributed by atoms with Crippen LogP contribution in [0.25, 0.3) is 65.4 Å². The second kappa shape index (κ2) is 43.7. The van der Waals surface area contributed by atoms with E-state index in [0.717, 1.165) is 10.4 Å². The van der Waals surface area contributed by atoms with Gasteiger partial charge in [-0.3, -0.25) is 0 Å². The number of rotatable bonds is 30. The number of aromatic amines is 6. The number of benzene rings is 6. The summed E-state index contributed by atoms with van der Waals surface area (Å²) >= 11 is 0. The van der Waals surface area contributed by atoms with Crippen LogP contribution in [-0.4, -0.2) is 295 Å². The van der Waals surface area contributed by atoms with E-state index in [4.69, 9.17) is 84.7 Å². The summed E-state index contributed by atoms with van der Waals surface area (Å²) in [5.41, 5.74) is 5.84. The first-order chi connectivity index (χ1) is 79.0. The fourth-order valence-electron chi connectivity index (χ4n) is 12.9. The first-order valence-corrected chi connectivity index (χ1v) is 38.8. The van der Waals surface area contributed by atoms with Crippen molar-refractivity contribution in [3.8, 4) is 0 Å². The number of ether oxygens (including phenoxy) is 6. The zero-order valence-electron chi connectivity index (χ0n) is 117. The molecule has 0 spiro atoms. The van der Waals surface area contributed by atoms with Crippen molar-refractivity contribution in [3.63, 3.8) is 0 Å². The average Bonchev–Trinajstić information content (AvgIpc) is 1.58. The van der Waals surface area contributed by atoms with E-state index in [1.165, 1.54) is 110 Å². The minimum Gasteiger partial charge on any atom is -0.447 e. The third-order valence-electron chi connectivity index (χ3n) is 18.8. The predicted octanol–water partition coefficient (Wildman–Crippen LogP) is 11.5. The van der Waals surface area contributed by atoms with Crippen LogP contribution in [0.3, 0.4) is 0 Å². The molecule has 6 atom stereocenters. The quantitative estimate of drug-likeness (QED) is 0.0186. The van der Waals surface area contributed by atoms with E-state index in [0.29, 0.717) is 76.1 Å². The van der Waals surface area contributed by atoms with Crippen LogP contribution in [0, 0.1) is 0 Å². The van der Waals surface area contributed by atoms with Gasteiger partial charge in [-0.1, -0.05) is 36.4 Å². The highest BCUT2D eigenvalue weighted by Crippen LogP contribution is 2.29. The Labute approximate surface area is 804 Å². The number of nitrogens with one attached hydrogen (secondary N) is 12. The van der Waals surface area contributed by atoms with Crippen molar-refractivity contribution in [2.24, 2.45) is 0 Å². The van der Waals surface area contributed by atoms with Crippen LogP contribution in [0.4, 0.5) is 28.8 Å². The van der Waals surface area contributed by atoms with Gasteiger partial charge >= 0.3 is 36.6 Å². The number of hydrogen-bond donors (Lipinski definition) is 12. The summed E-state index contributed by atoms with van der Waals surface area (Å²) in [6.45, 7) is -28.2. The molecule has 6 aromatic carbocycles. The van der Waals surface area contributed by atoms with Crippen molar-refractivity contribution in [1.82, 2.24) is 91.2 Å². The van der Waals surface area contributed by atoms with Crippen molar-refractivity contribution in [2.45, 2.75) is 113 Å². The Hall–Kier alpha value is -12.1. The van der Waals surface area contributed by atoms with Crippen LogP contribution in [0.15, 0.2) is 146 Å². The maximum atomic E-state index is 11.4. The standard InChI is InChI=1S/6C16H21N3O2/c6*1-19(2)6-5-12-9-17-15-4-3-11(8-14(12)15)7-13-10-21-16(20)18-13/h6*3-4,8-9,13,17H,5-7,10H2,1-2H3,(H,18,20)/t6*13-/m000000/s1/i1D3,2D3,6D2,7D2,13D;1D3,2D3,5D2,7D2,13D;1D3,6D2,7D2,13D;1D3,5D2,7D2,13D;6D2,7D2,13D;5D2,7D2,13D. The number of cyclic esters (lactones) is 6. The van der Waals surface area contributed by atoms with Crippen LogP contribution in [-0.2, 0) is 105 Å². The molecule has 0 unspecified atom stereocenters. The zero-order chi connectivity index (χ0) is 131. The van der Waals surface area contributed by atoms with Gasteiger partial charge in [-0.25, -0.2) is 28.8 Å². The topological polar surface area (TPSA) is 344 Å². The second-order valence-corrected chi connectivity index (χ2v) is 28.9. The van der Waals surface area contributed by atoms with Crippen molar-refractivity contribution in [2.75, 3.05) is 163 Å². The molecular formula is C96H126N18O12. The molecule has 126 heavy (non-hydrogen) atoms. The lowest BCUT2D eigenvalue weighted by Crippen LogP contribution is -2.28. The van der Waals surface area contributed by atoms with E-state index < -0.39 is 244 Å². The molecule has 12 heterocycles. The molecule has 6 saturated heterocycles. The molecule has 12 N–H and O–H groups in total. The van der Waals surface area contributed by atoms with Gasteiger partial charge in [-0.05, 0) is 300 Å². The third kappa shape index (κ3) is 26.5. The van der Waals surface area contributed by atoms with Gasteiger partial charge in [0.2, 0.25) is 0 Å². The predicted molar refractivity (Wildman–Crippen MR) is 495 cm³/mol. The molecule has 0 saturated carbocycles. The molecule has 30 heteroatoms. The number of carbonyl (C=O) groups excluding carboxylic acids is 6. The van der Waals surface area contributed by atoms with Crippen molar-refractivity contribution in [1.29, 1.82) is 0 Å². The van der Waals surface area contributed by atoms with Gasteiger partial charge in [-0.15, -0.1) is 0 Å². The molecule has 12 aromatic rings. The highest BCUT2D eigenvalue weighted by Gasteiger charge is 2.29. The maximum absolute atomic E-state index is 11.4. The van der Waals surface area contributed by atoms with Crippen LogP contribution in [0.2, 0.25) is 0 Å². The number of nitrogens with zero attached hydrogens (tertiary/aromatic N) is 6. The van der Waals surface area contributed by atoms with E-state index in [-0.39, 0.29) is 91.3 Å². The van der Waals surface area contributed by atoms with Gasteiger partial charge in [-0.2, -0.15) is 0 Å². The number of hydrogen-bond acceptors (Lipinski definition) is 18. The zero-order valence-corrected chi connectivity index (χ0v) is 68.9. The molecule has 6 aliphatic rings. The maximum Gasteiger partial charge on any atom is 0.407 e.